The number of thiazole rings is 1. The van der Waals surface area contributed by atoms with E-state index >= 15 is 0 Å². The Morgan fingerprint density at radius 3 is 2.79 bits per heavy atom. The van der Waals surface area contributed by atoms with Gasteiger partial charge in [-0.2, -0.15) is 0 Å². The first-order valence-corrected chi connectivity index (χ1v) is 9.75. The molecule has 2 aromatic rings. The summed E-state index contributed by atoms with van der Waals surface area (Å²) in [4.78, 5) is 19.1. The summed E-state index contributed by atoms with van der Waals surface area (Å²) in [5, 5.41) is 1.94. The van der Waals surface area contributed by atoms with E-state index in [-0.39, 0.29) is 36.8 Å². The third-order valence-electron chi connectivity index (χ3n) is 4.78. The zero-order chi connectivity index (χ0) is 18.5. The van der Waals surface area contributed by atoms with Crippen molar-refractivity contribution < 1.29 is 14.3 Å². The number of nitrogens with zero attached hydrogens (tertiary/aromatic N) is 2. The molecule has 1 saturated heterocycles. The van der Waals surface area contributed by atoms with Crippen molar-refractivity contribution in [3.8, 4) is 11.5 Å². The summed E-state index contributed by atoms with van der Waals surface area (Å²) >= 11 is 1.53. The number of halogens is 2. The molecule has 0 aliphatic carbocycles. The number of aromatic nitrogens is 1. The summed E-state index contributed by atoms with van der Waals surface area (Å²) in [6.45, 7) is 3.81. The van der Waals surface area contributed by atoms with Crippen molar-refractivity contribution in [2.45, 2.75) is 32.4 Å². The molecule has 1 fully saturated rings. The predicted octanol–water partition coefficient (Wildman–Crippen LogP) is 3.77. The lowest BCUT2D eigenvalue weighted by atomic mass is 9.92. The number of likely N-dealkylation sites (tertiary alicyclic amines) is 1. The largest absolute Gasteiger partial charge is 0.493 e. The summed E-state index contributed by atoms with van der Waals surface area (Å²) in [6.07, 6.45) is 1.96. The Morgan fingerprint density at radius 2 is 2.14 bits per heavy atom. The molecule has 0 spiro atoms. The van der Waals surface area contributed by atoms with Gasteiger partial charge in [-0.25, -0.2) is 4.98 Å². The van der Waals surface area contributed by atoms with Crippen LogP contribution in [-0.4, -0.2) is 42.0 Å². The fourth-order valence-corrected chi connectivity index (χ4v) is 3.83. The van der Waals surface area contributed by atoms with Crippen molar-refractivity contribution in [2.75, 3.05) is 20.2 Å². The third-order valence-corrected chi connectivity index (χ3v) is 5.42. The monoisotopic (exact) mass is 447 g/mol. The van der Waals surface area contributed by atoms with Gasteiger partial charge in [-0.3, -0.25) is 4.79 Å². The van der Waals surface area contributed by atoms with Gasteiger partial charge in [0, 0.05) is 30.1 Å². The SMILES string of the molecule is COc1cc(C(=O)N2CCC(C)CC2CN)ccc1OCc1cscn1.Cl.Cl. The molecule has 9 heteroatoms. The highest BCUT2D eigenvalue weighted by Gasteiger charge is 2.30. The number of ether oxygens (including phenoxy) is 2. The molecule has 1 aromatic carbocycles. The van der Waals surface area contributed by atoms with E-state index < -0.39 is 0 Å². The van der Waals surface area contributed by atoms with Gasteiger partial charge in [0.05, 0.1) is 18.3 Å². The van der Waals surface area contributed by atoms with E-state index in [4.69, 9.17) is 15.2 Å². The Labute approximate surface area is 182 Å². The quantitative estimate of drug-likeness (QED) is 0.728. The Hall–Kier alpha value is -1.54. The van der Waals surface area contributed by atoms with Crippen LogP contribution in [0.4, 0.5) is 0 Å². The lowest BCUT2D eigenvalue weighted by molar-refractivity contribution is 0.0573. The molecule has 6 nitrogen and oxygen atoms in total. The topological polar surface area (TPSA) is 77.7 Å². The lowest BCUT2D eigenvalue weighted by Crippen LogP contribution is -2.49. The van der Waals surface area contributed by atoms with E-state index in [1.54, 1.807) is 30.8 Å². The summed E-state index contributed by atoms with van der Waals surface area (Å²) in [7, 11) is 1.57. The van der Waals surface area contributed by atoms with Crippen LogP contribution in [0.15, 0.2) is 29.1 Å². The van der Waals surface area contributed by atoms with Crippen LogP contribution in [0.3, 0.4) is 0 Å². The van der Waals surface area contributed by atoms with E-state index in [0.717, 1.165) is 25.1 Å². The number of methoxy groups -OCH3 is 1. The lowest BCUT2D eigenvalue weighted by Gasteiger charge is -2.38. The maximum absolute atomic E-state index is 13.0. The van der Waals surface area contributed by atoms with E-state index in [0.29, 0.717) is 36.1 Å². The van der Waals surface area contributed by atoms with Crippen molar-refractivity contribution in [1.82, 2.24) is 9.88 Å². The Kier molecular flexibility index (Phi) is 10.0. The normalized spacial score (nSPS) is 18.6. The van der Waals surface area contributed by atoms with E-state index in [2.05, 4.69) is 11.9 Å². The number of carbonyl (C=O) groups is 1. The number of hydrogen-bond acceptors (Lipinski definition) is 6. The van der Waals surface area contributed by atoms with E-state index in [1.165, 1.54) is 11.3 Å². The molecule has 2 heterocycles. The van der Waals surface area contributed by atoms with Gasteiger partial charge in [0.15, 0.2) is 11.5 Å². The Bertz CT molecular complexity index is 746. The van der Waals surface area contributed by atoms with Crippen LogP contribution >= 0.6 is 36.2 Å². The molecule has 2 N–H and O–H groups in total. The fraction of sp³-hybridized carbons (Fsp3) is 0.474. The molecular formula is C19H27Cl2N3O3S. The average molecular weight is 448 g/mol. The van der Waals surface area contributed by atoms with Gasteiger partial charge in [-0.05, 0) is 37.0 Å². The molecular weight excluding hydrogens is 421 g/mol. The second-order valence-electron chi connectivity index (χ2n) is 6.65. The van der Waals surface area contributed by atoms with Crippen LogP contribution in [-0.2, 0) is 6.61 Å². The molecule has 1 aliphatic rings. The molecule has 1 amide bonds. The summed E-state index contributed by atoms with van der Waals surface area (Å²) < 4.78 is 11.2. The fourth-order valence-electron chi connectivity index (χ4n) is 3.29. The predicted molar refractivity (Wildman–Crippen MR) is 116 cm³/mol. The number of nitrogens with two attached hydrogens (primary N) is 1. The average Bonchev–Trinajstić information content (AvgIpc) is 3.19. The van der Waals surface area contributed by atoms with Crippen LogP contribution < -0.4 is 15.2 Å². The van der Waals surface area contributed by atoms with Crippen LogP contribution in [0.5, 0.6) is 11.5 Å². The van der Waals surface area contributed by atoms with Gasteiger partial charge < -0.3 is 20.1 Å². The zero-order valence-corrected chi connectivity index (χ0v) is 18.4. The first-order valence-electron chi connectivity index (χ1n) is 8.81. The van der Waals surface area contributed by atoms with Gasteiger partial charge >= 0.3 is 0 Å². The molecule has 28 heavy (non-hydrogen) atoms. The molecule has 2 atom stereocenters. The first-order chi connectivity index (χ1) is 12.6. The van der Waals surface area contributed by atoms with Crippen LogP contribution in [0.1, 0.15) is 35.8 Å². The van der Waals surface area contributed by atoms with E-state index in [9.17, 15) is 4.79 Å². The standard InChI is InChI=1S/C19H25N3O3S.2ClH/c1-13-5-6-22(16(7-13)9-20)19(23)14-3-4-17(18(8-14)24-2)25-10-15-11-26-12-21-15;;/h3-4,8,11-13,16H,5-7,9-10,20H2,1-2H3;2*1H. The highest BCUT2D eigenvalue weighted by atomic mass is 35.5. The van der Waals surface area contributed by atoms with Crippen molar-refractivity contribution in [2.24, 2.45) is 11.7 Å². The number of amides is 1. The number of hydrogen-bond donors (Lipinski definition) is 1. The van der Waals surface area contributed by atoms with Crippen LogP contribution in [0, 0.1) is 5.92 Å². The first kappa shape index (κ1) is 24.5. The maximum Gasteiger partial charge on any atom is 0.254 e. The summed E-state index contributed by atoms with van der Waals surface area (Å²) in [5.41, 5.74) is 9.12. The Balaban J connectivity index is 0.00000196. The highest BCUT2D eigenvalue weighted by molar-refractivity contribution is 7.07. The van der Waals surface area contributed by atoms with Crippen molar-refractivity contribution in [3.05, 3.63) is 40.3 Å². The third kappa shape index (κ3) is 5.73. The van der Waals surface area contributed by atoms with Crippen LogP contribution in [0.25, 0.3) is 0 Å². The molecule has 1 aromatic heterocycles. The smallest absolute Gasteiger partial charge is 0.254 e. The van der Waals surface area contributed by atoms with Crippen molar-refractivity contribution in [3.63, 3.8) is 0 Å². The second kappa shape index (κ2) is 11.5. The molecule has 0 bridgehead atoms. The van der Waals surface area contributed by atoms with Crippen molar-refractivity contribution in [1.29, 1.82) is 0 Å². The number of benzene rings is 1. The van der Waals surface area contributed by atoms with Gasteiger partial charge in [-0.1, -0.05) is 6.92 Å². The highest BCUT2D eigenvalue weighted by Crippen LogP contribution is 2.31. The Morgan fingerprint density at radius 1 is 1.36 bits per heavy atom. The molecule has 0 radical (unpaired) electrons. The molecule has 1 aliphatic heterocycles. The number of carbonyl (C=O) groups excluding carboxylic acids is 1. The van der Waals surface area contributed by atoms with Gasteiger partial charge in [0.25, 0.3) is 5.91 Å². The van der Waals surface area contributed by atoms with E-state index in [1.807, 2.05) is 10.3 Å². The minimum absolute atomic E-state index is 0. The molecule has 0 saturated carbocycles. The molecule has 2 unspecified atom stereocenters. The molecule has 156 valence electrons. The van der Waals surface area contributed by atoms with Gasteiger partial charge in [0.1, 0.15) is 6.61 Å². The van der Waals surface area contributed by atoms with Gasteiger partial charge in [-0.15, -0.1) is 36.2 Å². The minimum Gasteiger partial charge on any atom is -0.493 e. The van der Waals surface area contributed by atoms with Crippen molar-refractivity contribution >= 4 is 42.1 Å². The second-order valence-corrected chi connectivity index (χ2v) is 7.37. The maximum atomic E-state index is 13.0. The van der Waals surface area contributed by atoms with Gasteiger partial charge in [0.2, 0.25) is 0 Å². The number of piperidine rings is 1. The minimum atomic E-state index is -0.00305. The molecule has 3 rings (SSSR count). The zero-order valence-electron chi connectivity index (χ0n) is 16.0. The summed E-state index contributed by atoms with van der Waals surface area (Å²) in [5.74, 6) is 1.74. The summed E-state index contributed by atoms with van der Waals surface area (Å²) in [6, 6.07) is 5.40. The number of rotatable bonds is 6. The van der Waals surface area contributed by atoms with Crippen LogP contribution in [0.2, 0.25) is 0 Å².